The first-order valence-electron chi connectivity index (χ1n) is 7.05. The van der Waals surface area contributed by atoms with Crippen LogP contribution in [-0.4, -0.2) is 11.0 Å². The summed E-state index contributed by atoms with van der Waals surface area (Å²) in [6.07, 6.45) is -3.67. The van der Waals surface area contributed by atoms with Gasteiger partial charge in [-0.25, -0.2) is 0 Å². The molecule has 0 heterocycles. The average molecular weight is 323 g/mol. The molecule has 0 aromatic heterocycles. The average Bonchev–Trinajstić information content (AvgIpc) is 2.52. The molecule has 0 aliphatic carbocycles. The Morgan fingerprint density at radius 1 is 1.04 bits per heavy atom. The van der Waals surface area contributed by atoms with Gasteiger partial charge in [-0.05, 0) is 41.8 Å². The third-order valence-corrected chi connectivity index (χ3v) is 3.32. The molecule has 3 nitrogen and oxygen atoms in total. The predicted molar refractivity (Wildman–Crippen MR) is 79.7 cm³/mol. The maximum Gasteiger partial charge on any atom is 0.416 e. The van der Waals surface area contributed by atoms with E-state index < -0.39 is 11.7 Å². The molecule has 122 valence electrons. The summed E-state index contributed by atoms with van der Waals surface area (Å²) in [5.41, 5.74) is 0.572. The van der Waals surface area contributed by atoms with Crippen LogP contribution >= 0.6 is 0 Å². The van der Waals surface area contributed by atoms with Crippen molar-refractivity contribution in [3.05, 3.63) is 65.2 Å². The molecule has 0 spiro atoms. The van der Waals surface area contributed by atoms with Crippen molar-refractivity contribution < 1.29 is 23.1 Å². The number of phenols is 1. The number of halogens is 3. The number of amides is 1. The Hall–Kier alpha value is -2.50. The summed E-state index contributed by atoms with van der Waals surface area (Å²) in [4.78, 5) is 11.8. The van der Waals surface area contributed by atoms with Crippen LogP contribution in [0.5, 0.6) is 5.75 Å². The monoisotopic (exact) mass is 323 g/mol. The van der Waals surface area contributed by atoms with Crippen LogP contribution in [0.15, 0.2) is 48.5 Å². The summed E-state index contributed by atoms with van der Waals surface area (Å²) in [5.74, 6) is -0.0850. The molecule has 0 atom stereocenters. The maximum atomic E-state index is 12.6. The first kappa shape index (κ1) is 16.9. The van der Waals surface area contributed by atoms with Crippen LogP contribution in [0.2, 0.25) is 0 Å². The molecule has 0 fully saturated rings. The topological polar surface area (TPSA) is 49.3 Å². The van der Waals surface area contributed by atoms with Crippen LogP contribution in [0.25, 0.3) is 0 Å². The lowest BCUT2D eigenvalue weighted by molar-refractivity contribution is -0.137. The molecule has 1 amide bonds. The number of nitrogens with one attached hydrogen (secondary N) is 1. The van der Waals surface area contributed by atoms with Crippen molar-refractivity contribution in [2.75, 3.05) is 0 Å². The smallest absolute Gasteiger partial charge is 0.416 e. The van der Waals surface area contributed by atoms with E-state index in [9.17, 15) is 18.0 Å². The molecule has 2 aromatic carbocycles. The van der Waals surface area contributed by atoms with Gasteiger partial charge in [0, 0.05) is 13.0 Å². The second kappa shape index (κ2) is 7.17. The van der Waals surface area contributed by atoms with E-state index in [2.05, 4.69) is 5.32 Å². The van der Waals surface area contributed by atoms with Crippen molar-refractivity contribution in [3.63, 3.8) is 0 Å². The lowest BCUT2D eigenvalue weighted by atomic mass is 10.1. The van der Waals surface area contributed by atoms with E-state index >= 15 is 0 Å². The minimum atomic E-state index is -4.39. The van der Waals surface area contributed by atoms with Crippen LogP contribution in [-0.2, 0) is 23.9 Å². The Balaban J connectivity index is 1.83. The van der Waals surface area contributed by atoms with Gasteiger partial charge in [0.25, 0.3) is 0 Å². The largest absolute Gasteiger partial charge is 0.508 e. The zero-order chi connectivity index (χ0) is 16.9. The van der Waals surface area contributed by atoms with Gasteiger partial charge >= 0.3 is 6.18 Å². The van der Waals surface area contributed by atoms with Gasteiger partial charge in [-0.1, -0.05) is 24.3 Å². The highest BCUT2D eigenvalue weighted by atomic mass is 19.4. The van der Waals surface area contributed by atoms with Gasteiger partial charge in [0.15, 0.2) is 0 Å². The molecule has 0 saturated heterocycles. The highest BCUT2D eigenvalue weighted by Gasteiger charge is 2.30. The van der Waals surface area contributed by atoms with E-state index in [0.717, 1.165) is 17.7 Å². The molecule has 0 unspecified atom stereocenters. The summed E-state index contributed by atoms with van der Waals surface area (Å²) < 4.78 is 37.8. The third kappa shape index (κ3) is 5.32. The third-order valence-electron chi connectivity index (χ3n) is 3.32. The zero-order valence-corrected chi connectivity index (χ0v) is 12.2. The van der Waals surface area contributed by atoms with Gasteiger partial charge in [0.2, 0.25) is 5.91 Å². The van der Waals surface area contributed by atoms with Crippen LogP contribution in [0.4, 0.5) is 13.2 Å². The highest BCUT2D eigenvalue weighted by molar-refractivity contribution is 5.76. The number of aryl methyl sites for hydroxylation is 1. The first-order chi connectivity index (χ1) is 10.8. The minimum Gasteiger partial charge on any atom is -0.508 e. The van der Waals surface area contributed by atoms with Crippen molar-refractivity contribution >= 4 is 5.91 Å². The second-order valence-corrected chi connectivity index (χ2v) is 5.14. The van der Waals surface area contributed by atoms with Gasteiger partial charge in [-0.2, -0.15) is 13.2 Å². The van der Waals surface area contributed by atoms with E-state index in [-0.39, 0.29) is 24.6 Å². The van der Waals surface area contributed by atoms with Crippen LogP contribution in [0, 0.1) is 0 Å². The number of rotatable bonds is 5. The van der Waals surface area contributed by atoms with Crippen LogP contribution in [0.3, 0.4) is 0 Å². The fourth-order valence-corrected chi connectivity index (χ4v) is 2.07. The fourth-order valence-electron chi connectivity index (χ4n) is 2.07. The minimum absolute atomic E-state index is 0.0539. The molecule has 0 aliphatic heterocycles. The molecule has 2 aromatic rings. The number of alkyl halides is 3. The molecule has 0 aliphatic rings. The van der Waals surface area contributed by atoms with Crippen LogP contribution < -0.4 is 5.32 Å². The summed E-state index contributed by atoms with van der Waals surface area (Å²) in [5, 5.41) is 11.8. The van der Waals surface area contributed by atoms with Crippen molar-refractivity contribution in [2.45, 2.75) is 25.6 Å². The van der Waals surface area contributed by atoms with Gasteiger partial charge in [-0.3, -0.25) is 4.79 Å². The summed E-state index contributed by atoms with van der Waals surface area (Å²) in [7, 11) is 0. The standard InChI is InChI=1S/C17H16F3NO2/c18-17(19,20)14-3-1-2-13(10-14)11-21-16(23)9-6-12-4-7-15(22)8-5-12/h1-5,7-8,10,22H,6,9,11H2,(H,21,23). The molecule has 6 heteroatoms. The number of benzene rings is 2. The lowest BCUT2D eigenvalue weighted by Crippen LogP contribution is -2.23. The molecule has 23 heavy (non-hydrogen) atoms. The van der Waals surface area contributed by atoms with Crippen LogP contribution in [0.1, 0.15) is 23.1 Å². The lowest BCUT2D eigenvalue weighted by Gasteiger charge is -2.09. The summed E-state index contributed by atoms with van der Waals surface area (Å²) >= 11 is 0. The Morgan fingerprint density at radius 3 is 2.39 bits per heavy atom. The first-order valence-corrected chi connectivity index (χ1v) is 7.05. The van der Waals surface area contributed by atoms with Crippen molar-refractivity contribution in [1.29, 1.82) is 0 Å². The molecule has 0 radical (unpaired) electrons. The zero-order valence-electron chi connectivity index (χ0n) is 12.2. The SMILES string of the molecule is O=C(CCc1ccc(O)cc1)NCc1cccc(C(F)(F)F)c1. The fraction of sp³-hybridized carbons (Fsp3) is 0.235. The Kier molecular flexibility index (Phi) is 5.26. The van der Waals surface area contributed by atoms with Crippen molar-refractivity contribution in [1.82, 2.24) is 5.32 Å². The molecular weight excluding hydrogens is 307 g/mol. The van der Waals surface area contributed by atoms with Crippen molar-refractivity contribution in [3.8, 4) is 5.75 Å². The molecule has 2 N–H and O–H groups in total. The number of phenolic OH excluding ortho intramolecular Hbond substituents is 1. The maximum absolute atomic E-state index is 12.6. The van der Waals surface area contributed by atoms with E-state index in [4.69, 9.17) is 5.11 Å². The van der Waals surface area contributed by atoms with E-state index in [1.165, 1.54) is 24.3 Å². The number of hydrogen-bond donors (Lipinski definition) is 2. The normalized spacial score (nSPS) is 11.3. The Bertz CT molecular complexity index is 666. The molecule has 0 saturated carbocycles. The van der Waals surface area contributed by atoms with Crippen molar-refractivity contribution in [2.24, 2.45) is 0 Å². The van der Waals surface area contributed by atoms with E-state index in [1.54, 1.807) is 12.1 Å². The van der Waals surface area contributed by atoms with E-state index in [1.807, 2.05) is 0 Å². The molecular formula is C17H16F3NO2. The number of carbonyl (C=O) groups is 1. The van der Waals surface area contributed by atoms with E-state index in [0.29, 0.717) is 12.0 Å². The van der Waals surface area contributed by atoms with Gasteiger partial charge < -0.3 is 10.4 Å². The number of carbonyl (C=O) groups excluding carboxylic acids is 1. The number of hydrogen-bond acceptors (Lipinski definition) is 2. The predicted octanol–water partition coefficient (Wildman–Crippen LogP) is 3.66. The van der Waals surface area contributed by atoms with Gasteiger partial charge in [0.05, 0.1) is 5.56 Å². The molecule has 0 bridgehead atoms. The number of aromatic hydroxyl groups is 1. The Labute approximate surface area is 131 Å². The second-order valence-electron chi connectivity index (χ2n) is 5.14. The Morgan fingerprint density at radius 2 is 1.74 bits per heavy atom. The molecule has 2 rings (SSSR count). The summed E-state index contributed by atoms with van der Waals surface area (Å²) in [6, 6.07) is 11.4. The quantitative estimate of drug-likeness (QED) is 0.882. The van der Waals surface area contributed by atoms with Gasteiger partial charge in [0.1, 0.15) is 5.75 Å². The van der Waals surface area contributed by atoms with Gasteiger partial charge in [-0.15, -0.1) is 0 Å². The highest BCUT2D eigenvalue weighted by Crippen LogP contribution is 2.29. The summed E-state index contributed by atoms with van der Waals surface area (Å²) in [6.45, 7) is 0.0539.